The first kappa shape index (κ1) is 14.5. The lowest BCUT2D eigenvalue weighted by molar-refractivity contribution is -0.113. The average molecular weight is 287 g/mol. The number of benzene rings is 2. The summed E-state index contributed by atoms with van der Waals surface area (Å²) in [6, 6.07) is 12.7. The molecule has 0 bridgehead atoms. The molecule has 0 fully saturated rings. The molecule has 1 amide bonds. The molecule has 0 aliphatic heterocycles. The number of carbonyl (C=O) groups excluding carboxylic acids is 1. The summed E-state index contributed by atoms with van der Waals surface area (Å²) in [4.78, 5) is 12.9. The van der Waals surface area contributed by atoms with Crippen molar-refractivity contribution in [2.24, 2.45) is 0 Å². The van der Waals surface area contributed by atoms with Crippen LogP contribution in [0.3, 0.4) is 0 Å². The normalized spacial score (nSPS) is 10.3. The van der Waals surface area contributed by atoms with Crippen LogP contribution in [0, 0.1) is 13.8 Å². The standard InChI is InChI=1S/C16H17NO2S/c1-11-4-3-5-15(12(11)2)17-16(19)10-20-14-8-6-13(18)7-9-14/h3-9,18H,10H2,1-2H3,(H,17,19). The van der Waals surface area contributed by atoms with Crippen molar-refractivity contribution in [1.29, 1.82) is 0 Å². The van der Waals surface area contributed by atoms with Crippen molar-refractivity contribution in [3.05, 3.63) is 53.6 Å². The Labute approximate surface area is 123 Å². The lowest BCUT2D eigenvalue weighted by atomic mass is 10.1. The monoisotopic (exact) mass is 287 g/mol. The van der Waals surface area contributed by atoms with Gasteiger partial charge in [-0.15, -0.1) is 11.8 Å². The number of carbonyl (C=O) groups is 1. The van der Waals surface area contributed by atoms with Crippen molar-refractivity contribution in [1.82, 2.24) is 0 Å². The van der Waals surface area contributed by atoms with Crippen LogP contribution >= 0.6 is 11.8 Å². The zero-order valence-corrected chi connectivity index (χ0v) is 12.3. The highest BCUT2D eigenvalue weighted by Gasteiger charge is 2.06. The van der Waals surface area contributed by atoms with Gasteiger partial charge in [-0.05, 0) is 55.3 Å². The van der Waals surface area contributed by atoms with E-state index in [1.54, 1.807) is 24.3 Å². The summed E-state index contributed by atoms with van der Waals surface area (Å²) in [5.74, 6) is 0.545. The van der Waals surface area contributed by atoms with E-state index in [1.165, 1.54) is 11.8 Å². The molecule has 0 radical (unpaired) electrons. The molecule has 0 aliphatic rings. The largest absolute Gasteiger partial charge is 0.508 e. The number of aromatic hydroxyl groups is 1. The quantitative estimate of drug-likeness (QED) is 0.842. The van der Waals surface area contributed by atoms with Crippen LogP contribution in [0.5, 0.6) is 5.75 Å². The maximum atomic E-state index is 11.9. The third-order valence-electron chi connectivity index (χ3n) is 3.09. The molecule has 0 unspecified atom stereocenters. The van der Waals surface area contributed by atoms with E-state index < -0.39 is 0 Å². The van der Waals surface area contributed by atoms with Crippen LogP contribution in [-0.4, -0.2) is 16.8 Å². The van der Waals surface area contributed by atoms with Crippen LogP contribution < -0.4 is 5.32 Å². The first-order valence-electron chi connectivity index (χ1n) is 6.34. The van der Waals surface area contributed by atoms with E-state index in [9.17, 15) is 9.90 Å². The average Bonchev–Trinajstić information content (AvgIpc) is 2.43. The van der Waals surface area contributed by atoms with Crippen molar-refractivity contribution in [3.8, 4) is 5.75 Å². The van der Waals surface area contributed by atoms with Crippen LogP contribution in [0.2, 0.25) is 0 Å². The fourth-order valence-corrected chi connectivity index (χ4v) is 2.46. The van der Waals surface area contributed by atoms with Crippen LogP contribution in [0.1, 0.15) is 11.1 Å². The number of phenols is 1. The molecule has 4 heteroatoms. The van der Waals surface area contributed by atoms with Crippen LogP contribution in [0.15, 0.2) is 47.4 Å². The highest BCUT2D eigenvalue weighted by molar-refractivity contribution is 8.00. The van der Waals surface area contributed by atoms with Crippen LogP contribution in [-0.2, 0) is 4.79 Å². The van der Waals surface area contributed by atoms with E-state index in [-0.39, 0.29) is 11.7 Å². The Morgan fingerprint density at radius 2 is 1.85 bits per heavy atom. The zero-order chi connectivity index (χ0) is 14.5. The summed E-state index contributed by atoms with van der Waals surface area (Å²) in [6.45, 7) is 4.02. The molecule has 0 spiro atoms. The zero-order valence-electron chi connectivity index (χ0n) is 11.5. The topological polar surface area (TPSA) is 49.3 Å². The Bertz CT molecular complexity index is 608. The number of amides is 1. The molecule has 2 aromatic rings. The van der Waals surface area contributed by atoms with Gasteiger partial charge in [0.25, 0.3) is 0 Å². The van der Waals surface area contributed by atoms with Crippen LogP contribution in [0.25, 0.3) is 0 Å². The lowest BCUT2D eigenvalue weighted by Gasteiger charge is -2.10. The number of thioether (sulfide) groups is 1. The van der Waals surface area contributed by atoms with E-state index in [1.807, 2.05) is 32.0 Å². The van der Waals surface area contributed by atoms with Gasteiger partial charge in [0.2, 0.25) is 5.91 Å². The maximum absolute atomic E-state index is 11.9. The van der Waals surface area contributed by atoms with Crippen molar-refractivity contribution >= 4 is 23.4 Å². The van der Waals surface area contributed by atoms with Gasteiger partial charge in [0.05, 0.1) is 5.75 Å². The van der Waals surface area contributed by atoms with E-state index in [0.717, 1.165) is 21.7 Å². The molecule has 2 rings (SSSR count). The second-order valence-electron chi connectivity index (χ2n) is 4.58. The third-order valence-corrected chi connectivity index (χ3v) is 4.10. The molecular formula is C16H17NO2S. The van der Waals surface area contributed by atoms with Crippen molar-refractivity contribution in [2.45, 2.75) is 18.7 Å². The highest BCUT2D eigenvalue weighted by atomic mass is 32.2. The first-order chi connectivity index (χ1) is 9.56. The minimum Gasteiger partial charge on any atom is -0.508 e. The number of rotatable bonds is 4. The van der Waals surface area contributed by atoms with Gasteiger partial charge >= 0.3 is 0 Å². The second-order valence-corrected chi connectivity index (χ2v) is 5.63. The molecule has 2 aromatic carbocycles. The Morgan fingerprint density at radius 1 is 1.15 bits per heavy atom. The summed E-state index contributed by atoms with van der Waals surface area (Å²) in [6.07, 6.45) is 0. The number of hydrogen-bond donors (Lipinski definition) is 2. The Hall–Kier alpha value is -1.94. The molecule has 0 atom stereocenters. The molecule has 0 aliphatic carbocycles. The van der Waals surface area contributed by atoms with Gasteiger partial charge in [-0.1, -0.05) is 12.1 Å². The van der Waals surface area contributed by atoms with Crippen LogP contribution in [0.4, 0.5) is 5.69 Å². The van der Waals surface area contributed by atoms with Gasteiger partial charge in [0.15, 0.2) is 0 Å². The van der Waals surface area contributed by atoms with Gasteiger partial charge in [-0.3, -0.25) is 4.79 Å². The molecule has 104 valence electrons. The summed E-state index contributed by atoms with van der Waals surface area (Å²) in [5.41, 5.74) is 3.12. The number of hydrogen-bond acceptors (Lipinski definition) is 3. The predicted octanol–water partition coefficient (Wildman–Crippen LogP) is 3.74. The second kappa shape index (κ2) is 6.48. The molecule has 3 nitrogen and oxygen atoms in total. The lowest BCUT2D eigenvalue weighted by Crippen LogP contribution is -2.15. The molecule has 0 heterocycles. The van der Waals surface area contributed by atoms with Crippen molar-refractivity contribution in [2.75, 3.05) is 11.1 Å². The van der Waals surface area contributed by atoms with Gasteiger partial charge in [-0.25, -0.2) is 0 Å². The minimum absolute atomic E-state index is 0.0308. The highest BCUT2D eigenvalue weighted by Crippen LogP contribution is 2.22. The summed E-state index contributed by atoms with van der Waals surface area (Å²) < 4.78 is 0. The first-order valence-corrected chi connectivity index (χ1v) is 7.33. The summed E-state index contributed by atoms with van der Waals surface area (Å²) in [5, 5.41) is 12.1. The molecule has 20 heavy (non-hydrogen) atoms. The van der Waals surface area contributed by atoms with Gasteiger partial charge < -0.3 is 10.4 Å². The number of anilines is 1. The SMILES string of the molecule is Cc1cccc(NC(=O)CSc2ccc(O)cc2)c1C. The summed E-state index contributed by atoms with van der Waals surface area (Å²) in [7, 11) is 0. The fourth-order valence-electron chi connectivity index (χ4n) is 1.76. The van der Waals surface area contributed by atoms with Gasteiger partial charge in [-0.2, -0.15) is 0 Å². The van der Waals surface area contributed by atoms with Gasteiger partial charge in [0.1, 0.15) is 5.75 Å². The molecular weight excluding hydrogens is 270 g/mol. The third kappa shape index (κ3) is 3.78. The van der Waals surface area contributed by atoms with Crippen molar-refractivity contribution in [3.63, 3.8) is 0 Å². The predicted molar refractivity (Wildman–Crippen MR) is 83.4 cm³/mol. The Kier molecular flexibility index (Phi) is 4.69. The molecule has 0 saturated heterocycles. The fraction of sp³-hybridized carbons (Fsp3) is 0.188. The minimum atomic E-state index is -0.0308. The smallest absolute Gasteiger partial charge is 0.234 e. The summed E-state index contributed by atoms with van der Waals surface area (Å²) >= 11 is 1.44. The maximum Gasteiger partial charge on any atom is 0.234 e. The molecule has 0 aromatic heterocycles. The van der Waals surface area contributed by atoms with E-state index in [4.69, 9.17) is 0 Å². The molecule has 2 N–H and O–H groups in total. The van der Waals surface area contributed by atoms with Crippen molar-refractivity contribution < 1.29 is 9.90 Å². The Morgan fingerprint density at radius 3 is 2.55 bits per heavy atom. The van der Waals surface area contributed by atoms with E-state index in [2.05, 4.69) is 5.32 Å². The number of nitrogens with one attached hydrogen (secondary N) is 1. The number of phenolic OH excluding ortho intramolecular Hbond substituents is 1. The van der Waals surface area contributed by atoms with E-state index >= 15 is 0 Å². The number of aryl methyl sites for hydroxylation is 1. The molecule has 0 saturated carbocycles. The van der Waals surface area contributed by atoms with E-state index in [0.29, 0.717) is 5.75 Å². The van der Waals surface area contributed by atoms with Gasteiger partial charge in [0, 0.05) is 10.6 Å². The Balaban J connectivity index is 1.92.